The zero-order valence-corrected chi connectivity index (χ0v) is 10.5. The normalized spacial score (nSPS) is 9.47. The van der Waals surface area contributed by atoms with E-state index in [4.69, 9.17) is 10.5 Å². The van der Waals surface area contributed by atoms with Crippen LogP contribution in [-0.2, 0) is 11.2 Å². The van der Waals surface area contributed by atoms with Crippen LogP contribution in [0.1, 0.15) is 35.5 Å². The first kappa shape index (κ1) is 14.3. The Morgan fingerprint density at radius 3 is 2.67 bits per heavy atom. The molecule has 0 saturated carbocycles. The van der Waals surface area contributed by atoms with Gasteiger partial charge in [0.15, 0.2) is 0 Å². The van der Waals surface area contributed by atoms with Gasteiger partial charge in [-0.2, -0.15) is 0 Å². The quantitative estimate of drug-likeness (QED) is 0.835. The molecule has 0 unspecified atom stereocenters. The van der Waals surface area contributed by atoms with Crippen molar-refractivity contribution in [1.82, 2.24) is 0 Å². The first-order valence-corrected chi connectivity index (χ1v) is 5.61. The lowest BCUT2D eigenvalue weighted by Crippen LogP contribution is -2.06. The molecule has 0 fully saturated rings. The molecule has 1 rings (SSSR count). The van der Waals surface area contributed by atoms with Crippen LogP contribution in [0.2, 0.25) is 0 Å². The van der Waals surface area contributed by atoms with Crippen LogP contribution in [0.15, 0.2) is 5.38 Å². The fraction of sp³-hybridized carbons (Fsp3) is 0.500. The zero-order valence-electron chi connectivity index (χ0n) is 8.91. The Bertz CT molecular complexity index is 325. The van der Waals surface area contributed by atoms with Gasteiger partial charge in [0.2, 0.25) is 0 Å². The lowest BCUT2D eigenvalue weighted by molar-refractivity contribution is 0.0512. The topological polar surface area (TPSA) is 52.3 Å². The zero-order chi connectivity index (χ0) is 10.6. The number of ether oxygens (including phenoxy) is 1. The lowest BCUT2D eigenvalue weighted by Gasteiger charge is -2.01. The van der Waals surface area contributed by atoms with Crippen molar-refractivity contribution in [3.63, 3.8) is 0 Å². The second-order valence-corrected chi connectivity index (χ2v) is 3.87. The number of halogens is 1. The molecular formula is C10H16ClNO2S. The smallest absolute Gasteiger partial charge is 0.350 e. The Labute approximate surface area is 100 Å². The molecule has 1 aromatic rings. The predicted octanol–water partition coefficient (Wildman–Crippen LogP) is 2.88. The highest BCUT2D eigenvalue weighted by Crippen LogP contribution is 2.26. The largest absolute Gasteiger partial charge is 0.461 e. The monoisotopic (exact) mass is 249 g/mol. The molecule has 2 N–H and O–H groups in total. The van der Waals surface area contributed by atoms with Crippen LogP contribution in [0, 0.1) is 0 Å². The number of rotatable bonds is 4. The van der Waals surface area contributed by atoms with Gasteiger partial charge in [-0.1, -0.05) is 13.8 Å². The summed E-state index contributed by atoms with van der Waals surface area (Å²) in [6, 6.07) is 0. The maximum atomic E-state index is 11.5. The fourth-order valence-corrected chi connectivity index (χ4v) is 2.06. The molecule has 0 radical (unpaired) electrons. The number of carbonyl (C=O) groups is 1. The van der Waals surface area contributed by atoms with Gasteiger partial charge in [-0.05, 0) is 23.8 Å². The third-order valence-corrected chi connectivity index (χ3v) is 2.94. The van der Waals surface area contributed by atoms with E-state index in [1.54, 1.807) is 0 Å². The number of thiophene rings is 1. The van der Waals surface area contributed by atoms with E-state index in [2.05, 4.69) is 0 Å². The molecule has 15 heavy (non-hydrogen) atoms. The summed E-state index contributed by atoms with van der Waals surface area (Å²) < 4.78 is 5.01. The summed E-state index contributed by atoms with van der Waals surface area (Å²) in [5, 5.41) is 1.91. The Kier molecular flexibility index (Phi) is 6.36. The highest BCUT2D eigenvalue weighted by molar-refractivity contribution is 7.12. The minimum absolute atomic E-state index is 0. The summed E-state index contributed by atoms with van der Waals surface area (Å²) in [7, 11) is 0. The lowest BCUT2D eigenvalue weighted by atomic mass is 10.2. The molecule has 0 spiro atoms. The third kappa shape index (κ3) is 3.39. The summed E-state index contributed by atoms with van der Waals surface area (Å²) in [6.07, 6.45) is 1.68. The van der Waals surface area contributed by atoms with Crippen molar-refractivity contribution in [3.8, 4) is 0 Å². The number of nitrogens with two attached hydrogens (primary N) is 1. The number of carbonyl (C=O) groups excluding carboxylic acids is 1. The number of aryl methyl sites for hydroxylation is 1. The highest BCUT2D eigenvalue weighted by Gasteiger charge is 2.15. The summed E-state index contributed by atoms with van der Waals surface area (Å²) in [5.74, 6) is -0.297. The van der Waals surface area contributed by atoms with E-state index in [0.717, 1.165) is 18.4 Å². The molecule has 1 heterocycles. The van der Waals surface area contributed by atoms with Crippen LogP contribution < -0.4 is 5.73 Å². The average Bonchev–Trinajstić information content (AvgIpc) is 2.56. The fourth-order valence-electron chi connectivity index (χ4n) is 1.10. The van der Waals surface area contributed by atoms with Crippen LogP contribution in [0.5, 0.6) is 0 Å². The standard InChI is InChI=1S/C10H15NO2S.ClH/c1-3-5-13-10(12)9-8(11)7(4-2)6-14-9;/h6H,3-5,11H2,1-2H3;1H. The van der Waals surface area contributed by atoms with Crippen molar-refractivity contribution >= 4 is 35.4 Å². The second kappa shape index (κ2) is 6.69. The molecule has 0 aliphatic carbocycles. The van der Waals surface area contributed by atoms with E-state index in [1.165, 1.54) is 11.3 Å². The van der Waals surface area contributed by atoms with Gasteiger partial charge in [0, 0.05) is 0 Å². The van der Waals surface area contributed by atoms with Crippen LogP contribution in [0.3, 0.4) is 0 Å². The number of esters is 1. The third-order valence-electron chi connectivity index (χ3n) is 1.91. The van der Waals surface area contributed by atoms with Crippen LogP contribution >= 0.6 is 23.7 Å². The molecule has 0 bridgehead atoms. The van der Waals surface area contributed by atoms with Crippen molar-refractivity contribution in [2.75, 3.05) is 12.3 Å². The Morgan fingerprint density at radius 1 is 1.53 bits per heavy atom. The van der Waals surface area contributed by atoms with Crippen molar-refractivity contribution in [1.29, 1.82) is 0 Å². The van der Waals surface area contributed by atoms with Crippen LogP contribution in [0.25, 0.3) is 0 Å². The summed E-state index contributed by atoms with van der Waals surface area (Å²) >= 11 is 1.36. The number of anilines is 1. The van der Waals surface area contributed by atoms with Gasteiger partial charge in [0.05, 0.1) is 12.3 Å². The summed E-state index contributed by atoms with van der Waals surface area (Å²) in [6.45, 7) is 4.43. The van der Waals surface area contributed by atoms with Crippen molar-refractivity contribution < 1.29 is 9.53 Å². The van der Waals surface area contributed by atoms with Crippen molar-refractivity contribution in [2.24, 2.45) is 0 Å². The molecule has 0 amide bonds. The molecule has 0 atom stereocenters. The van der Waals surface area contributed by atoms with E-state index in [0.29, 0.717) is 17.2 Å². The highest BCUT2D eigenvalue weighted by atomic mass is 35.5. The Balaban J connectivity index is 0.00000196. The van der Waals surface area contributed by atoms with E-state index in [9.17, 15) is 4.79 Å². The molecule has 0 aliphatic rings. The molecular weight excluding hydrogens is 234 g/mol. The number of hydrogen-bond donors (Lipinski definition) is 1. The minimum Gasteiger partial charge on any atom is -0.461 e. The van der Waals surface area contributed by atoms with Gasteiger partial charge < -0.3 is 10.5 Å². The van der Waals surface area contributed by atoms with Gasteiger partial charge in [0.25, 0.3) is 0 Å². The van der Waals surface area contributed by atoms with Crippen molar-refractivity contribution in [2.45, 2.75) is 26.7 Å². The summed E-state index contributed by atoms with van der Waals surface area (Å²) in [4.78, 5) is 12.0. The number of nitrogen functional groups attached to an aromatic ring is 1. The Hall–Kier alpha value is -0.740. The molecule has 1 aromatic heterocycles. The predicted molar refractivity (Wildman–Crippen MR) is 65.9 cm³/mol. The van der Waals surface area contributed by atoms with Crippen LogP contribution in [-0.4, -0.2) is 12.6 Å². The average molecular weight is 250 g/mol. The van der Waals surface area contributed by atoms with E-state index in [-0.39, 0.29) is 18.4 Å². The molecule has 0 aromatic carbocycles. The van der Waals surface area contributed by atoms with E-state index < -0.39 is 0 Å². The maximum absolute atomic E-state index is 11.5. The second-order valence-electron chi connectivity index (χ2n) is 2.99. The Morgan fingerprint density at radius 2 is 2.20 bits per heavy atom. The SMILES string of the molecule is CCCOC(=O)c1scc(CC)c1N.Cl. The van der Waals surface area contributed by atoms with Crippen molar-refractivity contribution in [3.05, 3.63) is 15.8 Å². The molecule has 3 nitrogen and oxygen atoms in total. The van der Waals surface area contributed by atoms with E-state index >= 15 is 0 Å². The molecule has 5 heteroatoms. The van der Waals surface area contributed by atoms with Gasteiger partial charge in [-0.25, -0.2) is 4.79 Å². The molecule has 0 aliphatic heterocycles. The first-order chi connectivity index (χ1) is 6.70. The van der Waals surface area contributed by atoms with Crippen LogP contribution in [0.4, 0.5) is 5.69 Å². The first-order valence-electron chi connectivity index (χ1n) is 4.73. The van der Waals surface area contributed by atoms with Gasteiger partial charge in [-0.15, -0.1) is 23.7 Å². The van der Waals surface area contributed by atoms with Gasteiger partial charge in [-0.3, -0.25) is 0 Å². The molecule has 0 saturated heterocycles. The van der Waals surface area contributed by atoms with Gasteiger partial charge in [0.1, 0.15) is 4.88 Å². The maximum Gasteiger partial charge on any atom is 0.350 e. The van der Waals surface area contributed by atoms with E-state index in [1.807, 2.05) is 19.2 Å². The minimum atomic E-state index is -0.297. The number of hydrogen-bond acceptors (Lipinski definition) is 4. The summed E-state index contributed by atoms with van der Waals surface area (Å²) in [5.41, 5.74) is 7.40. The van der Waals surface area contributed by atoms with Gasteiger partial charge >= 0.3 is 5.97 Å². The molecule has 86 valence electrons.